The molecule has 0 radical (unpaired) electrons. The molecule has 0 saturated carbocycles. The van der Waals surface area contributed by atoms with Crippen molar-refractivity contribution in [1.82, 2.24) is 0 Å². The van der Waals surface area contributed by atoms with E-state index in [-0.39, 0.29) is 22.8 Å². The molecule has 1 amide bonds. The van der Waals surface area contributed by atoms with Crippen LogP contribution in [0, 0.1) is 0 Å². The van der Waals surface area contributed by atoms with Gasteiger partial charge in [-0.25, -0.2) is 9.59 Å². The SMILES string of the molecule is CC=CC=CC(=O)Nc1ccc(Oc2ccc(C(=O)O)c(C(=O)O)c2)cc1. The van der Waals surface area contributed by atoms with E-state index in [0.717, 1.165) is 6.07 Å². The summed E-state index contributed by atoms with van der Waals surface area (Å²) in [7, 11) is 0. The number of carboxylic acid groups (broad SMARTS) is 2. The first-order valence-corrected chi connectivity index (χ1v) is 7.89. The number of allylic oxidation sites excluding steroid dienone is 3. The minimum Gasteiger partial charge on any atom is -0.478 e. The maximum Gasteiger partial charge on any atom is 0.336 e. The molecule has 2 rings (SSSR count). The van der Waals surface area contributed by atoms with Crippen molar-refractivity contribution in [2.24, 2.45) is 0 Å². The van der Waals surface area contributed by atoms with Crippen molar-refractivity contribution in [3.05, 3.63) is 77.9 Å². The Hall–Kier alpha value is -3.87. The average molecular weight is 367 g/mol. The zero-order valence-electron chi connectivity index (χ0n) is 14.4. The first-order valence-electron chi connectivity index (χ1n) is 7.89. The second-order valence-electron chi connectivity index (χ2n) is 5.32. The van der Waals surface area contributed by atoms with Gasteiger partial charge in [-0.1, -0.05) is 18.2 Å². The van der Waals surface area contributed by atoms with E-state index >= 15 is 0 Å². The van der Waals surface area contributed by atoms with Crippen molar-refractivity contribution in [1.29, 1.82) is 0 Å². The number of anilines is 1. The van der Waals surface area contributed by atoms with Crippen LogP contribution in [-0.2, 0) is 4.79 Å². The number of ether oxygens (including phenoxy) is 1. The predicted molar refractivity (Wildman–Crippen MR) is 99.5 cm³/mol. The normalized spacial score (nSPS) is 10.9. The van der Waals surface area contributed by atoms with Gasteiger partial charge in [0.25, 0.3) is 0 Å². The standard InChI is InChI=1S/C20H17NO6/c1-2-3-4-5-18(22)21-13-6-8-14(9-7-13)27-15-10-11-16(19(23)24)17(12-15)20(25)26/h2-12H,1H3,(H,21,22)(H,23,24)(H,25,26). The van der Waals surface area contributed by atoms with E-state index in [4.69, 9.17) is 14.9 Å². The molecule has 0 aliphatic rings. The van der Waals surface area contributed by atoms with Gasteiger partial charge in [0.2, 0.25) is 5.91 Å². The van der Waals surface area contributed by atoms with Crippen molar-refractivity contribution >= 4 is 23.5 Å². The van der Waals surface area contributed by atoms with Gasteiger partial charge in [-0.15, -0.1) is 0 Å². The van der Waals surface area contributed by atoms with E-state index in [1.54, 1.807) is 42.5 Å². The van der Waals surface area contributed by atoms with Gasteiger partial charge in [0.15, 0.2) is 0 Å². The minimum absolute atomic E-state index is 0.184. The second kappa shape index (κ2) is 9.00. The Bertz CT molecular complexity index is 913. The van der Waals surface area contributed by atoms with Crippen LogP contribution in [0.4, 0.5) is 5.69 Å². The summed E-state index contributed by atoms with van der Waals surface area (Å²) in [5.41, 5.74) is -0.124. The molecule has 0 spiro atoms. The molecule has 0 aliphatic carbocycles. The Morgan fingerprint density at radius 1 is 0.889 bits per heavy atom. The lowest BCUT2D eigenvalue weighted by molar-refractivity contribution is -0.111. The highest BCUT2D eigenvalue weighted by Gasteiger charge is 2.17. The maximum atomic E-state index is 11.7. The molecule has 0 aliphatic heterocycles. The van der Waals surface area contributed by atoms with Crippen LogP contribution in [-0.4, -0.2) is 28.1 Å². The van der Waals surface area contributed by atoms with Gasteiger partial charge in [0, 0.05) is 11.8 Å². The van der Waals surface area contributed by atoms with E-state index in [9.17, 15) is 14.4 Å². The largest absolute Gasteiger partial charge is 0.478 e. The Morgan fingerprint density at radius 3 is 2.11 bits per heavy atom. The summed E-state index contributed by atoms with van der Waals surface area (Å²) in [5, 5.41) is 20.8. The average Bonchev–Trinajstić information content (AvgIpc) is 2.63. The van der Waals surface area contributed by atoms with E-state index in [2.05, 4.69) is 5.32 Å². The zero-order valence-corrected chi connectivity index (χ0v) is 14.4. The molecule has 3 N–H and O–H groups in total. The van der Waals surface area contributed by atoms with Gasteiger partial charge in [-0.2, -0.15) is 0 Å². The molecule has 7 nitrogen and oxygen atoms in total. The number of carbonyl (C=O) groups is 3. The van der Waals surface area contributed by atoms with Crippen LogP contribution >= 0.6 is 0 Å². The van der Waals surface area contributed by atoms with Crippen LogP contribution in [0.1, 0.15) is 27.6 Å². The third-order valence-electron chi connectivity index (χ3n) is 3.36. The third kappa shape index (κ3) is 5.57. The van der Waals surface area contributed by atoms with Gasteiger partial charge in [0.05, 0.1) is 11.1 Å². The fraction of sp³-hybridized carbons (Fsp3) is 0.0500. The van der Waals surface area contributed by atoms with Crippen LogP contribution in [0.2, 0.25) is 0 Å². The fourth-order valence-corrected chi connectivity index (χ4v) is 2.13. The van der Waals surface area contributed by atoms with Crippen LogP contribution in [0.3, 0.4) is 0 Å². The van der Waals surface area contributed by atoms with Gasteiger partial charge in [-0.05, 0) is 49.4 Å². The van der Waals surface area contributed by atoms with E-state index in [0.29, 0.717) is 11.4 Å². The number of carboxylic acids is 2. The highest BCUT2D eigenvalue weighted by molar-refractivity contribution is 6.02. The first kappa shape index (κ1) is 19.5. The smallest absolute Gasteiger partial charge is 0.336 e. The Morgan fingerprint density at radius 2 is 1.52 bits per heavy atom. The lowest BCUT2D eigenvalue weighted by atomic mass is 10.1. The van der Waals surface area contributed by atoms with E-state index in [1.807, 2.05) is 6.92 Å². The van der Waals surface area contributed by atoms with E-state index < -0.39 is 11.9 Å². The second-order valence-corrected chi connectivity index (χ2v) is 5.32. The molecule has 138 valence electrons. The fourth-order valence-electron chi connectivity index (χ4n) is 2.13. The summed E-state index contributed by atoms with van der Waals surface area (Å²) >= 11 is 0. The molecule has 0 bridgehead atoms. The van der Waals surface area contributed by atoms with Crippen molar-refractivity contribution in [2.45, 2.75) is 6.92 Å². The predicted octanol–water partition coefficient (Wildman–Crippen LogP) is 3.95. The number of nitrogens with one attached hydrogen (secondary N) is 1. The lowest BCUT2D eigenvalue weighted by Gasteiger charge is -2.09. The van der Waals surface area contributed by atoms with Crippen LogP contribution in [0.5, 0.6) is 11.5 Å². The molecule has 0 aromatic heterocycles. The number of benzene rings is 2. The van der Waals surface area contributed by atoms with Gasteiger partial charge in [0.1, 0.15) is 11.5 Å². The highest BCUT2D eigenvalue weighted by Crippen LogP contribution is 2.25. The van der Waals surface area contributed by atoms with Crippen LogP contribution in [0.25, 0.3) is 0 Å². The summed E-state index contributed by atoms with van der Waals surface area (Å²) in [5.74, 6) is -2.39. The molecule has 0 fully saturated rings. The van der Waals surface area contributed by atoms with Crippen molar-refractivity contribution in [3.63, 3.8) is 0 Å². The maximum absolute atomic E-state index is 11.7. The molecule has 0 unspecified atom stereocenters. The monoisotopic (exact) mass is 367 g/mol. The first-order chi connectivity index (χ1) is 12.9. The molecule has 2 aromatic carbocycles. The van der Waals surface area contributed by atoms with E-state index in [1.165, 1.54) is 18.2 Å². The summed E-state index contributed by atoms with van der Waals surface area (Å²) in [6.45, 7) is 1.84. The number of aromatic carboxylic acids is 2. The number of hydrogen-bond acceptors (Lipinski definition) is 4. The Labute approximate surface area is 155 Å². The number of carbonyl (C=O) groups excluding carboxylic acids is 1. The summed E-state index contributed by atoms with van der Waals surface area (Å²) < 4.78 is 5.55. The van der Waals surface area contributed by atoms with Gasteiger partial charge in [-0.3, -0.25) is 4.79 Å². The summed E-state index contributed by atoms with van der Waals surface area (Å²) in [6, 6.07) is 10.1. The number of hydrogen-bond donors (Lipinski definition) is 3. The van der Waals surface area contributed by atoms with Crippen molar-refractivity contribution in [3.8, 4) is 11.5 Å². The summed E-state index contributed by atoms with van der Waals surface area (Å²) in [6.07, 6.45) is 6.54. The molecule has 0 heterocycles. The number of amides is 1. The zero-order chi connectivity index (χ0) is 19.8. The van der Waals surface area contributed by atoms with Gasteiger partial charge >= 0.3 is 11.9 Å². The third-order valence-corrected chi connectivity index (χ3v) is 3.36. The Kier molecular flexibility index (Phi) is 6.49. The molecule has 0 saturated heterocycles. The topological polar surface area (TPSA) is 113 Å². The molecular formula is C20H17NO6. The molecule has 0 atom stereocenters. The number of rotatable bonds is 7. The molecule has 27 heavy (non-hydrogen) atoms. The van der Waals surface area contributed by atoms with Crippen LogP contribution in [0.15, 0.2) is 66.8 Å². The van der Waals surface area contributed by atoms with Crippen molar-refractivity contribution in [2.75, 3.05) is 5.32 Å². The van der Waals surface area contributed by atoms with Gasteiger partial charge < -0.3 is 20.3 Å². The summed E-state index contributed by atoms with van der Waals surface area (Å²) in [4.78, 5) is 33.9. The minimum atomic E-state index is -1.36. The highest BCUT2D eigenvalue weighted by atomic mass is 16.5. The molecular weight excluding hydrogens is 350 g/mol. The lowest BCUT2D eigenvalue weighted by Crippen LogP contribution is -2.08. The Balaban J connectivity index is 2.10. The quantitative estimate of drug-likeness (QED) is 0.504. The molecule has 7 heteroatoms. The van der Waals surface area contributed by atoms with Crippen LogP contribution < -0.4 is 10.1 Å². The van der Waals surface area contributed by atoms with Crippen molar-refractivity contribution < 1.29 is 29.3 Å². The molecule has 2 aromatic rings.